The smallest absolute Gasteiger partial charge is 0.137 e. The third kappa shape index (κ3) is 1.13. The third-order valence-electron chi connectivity index (χ3n) is 1.79. The molecule has 0 aliphatic rings. The molecule has 2 aromatic rings. The number of aromatic hydroxyl groups is 1. The Bertz CT molecular complexity index is 433. The lowest BCUT2D eigenvalue weighted by Gasteiger charge is -1.91. The lowest BCUT2D eigenvalue weighted by molar-refractivity contribution is 0.480. The molecule has 0 aliphatic carbocycles. The number of hydrogen-bond donors (Lipinski definition) is 1. The fourth-order valence-corrected chi connectivity index (χ4v) is 2.48. The number of benzene rings is 1. The number of rotatable bonds is 0. The molecule has 2 rings (SSSR count). The molecule has 0 amide bonds. The standard InChI is InChI=1S/C9H7BrOS/c1-5-9(11)7-4-6(10)2-3-8(7)12-5/h2-4,11H,1H3. The topological polar surface area (TPSA) is 20.2 Å². The van der Waals surface area contributed by atoms with Crippen LogP contribution >= 0.6 is 27.3 Å². The van der Waals surface area contributed by atoms with Crippen molar-refractivity contribution in [3.05, 3.63) is 27.5 Å². The molecule has 0 radical (unpaired) electrons. The summed E-state index contributed by atoms with van der Waals surface area (Å²) >= 11 is 4.99. The van der Waals surface area contributed by atoms with Gasteiger partial charge in [0.15, 0.2) is 0 Å². The number of halogens is 1. The van der Waals surface area contributed by atoms with Gasteiger partial charge in [0.05, 0.1) is 0 Å². The van der Waals surface area contributed by atoms with Crippen LogP contribution in [0.2, 0.25) is 0 Å². The molecule has 3 heteroatoms. The van der Waals surface area contributed by atoms with Crippen molar-refractivity contribution in [2.75, 3.05) is 0 Å². The van der Waals surface area contributed by atoms with E-state index in [9.17, 15) is 5.11 Å². The van der Waals surface area contributed by atoms with Crippen molar-refractivity contribution >= 4 is 37.4 Å². The maximum Gasteiger partial charge on any atom is 0.137 e. The van der Waals surface area contributed by atoms with Crippen LogP contribution in [0.5, 0.6) is 5.75 Å². The molecule has 0 bridgehead atoms. The zero-order valence-electron chi connectivity index (χ0n) is 6.47. The van der Waals surface area contributed by atoms with Crippen LogP contribution in [0.1, 0.15) is 4.88 Å². The summed E-state index contributed by atoms with van der Waals surface area (Å²) in [7, 11) is 0. The molecule has 0 spiro atoms. The van der Waals surface area contributed by atoms with Crippen molar-refractivity contribution in [1.82, 2.24) is 0 Å². The van der Waals surface area contributed by atoms with E-state index >= 15 is 0 Å². The van der Waals surface area contributed by atoms with Crippen molar-refractivity contribution in [1.29, 1.82) is 0 Å². The highest BCUT2D eigenvalue weighted by Gasteiger charge is 2.06. The van der Waals surface area contributed by atoms with E-state index in [0.29, 0.717) is 5.75 Å². The van der Waals surface area contributed by atoms with Gasteiger partial charge in [-0.2, -0.15) is 0 Å². The Morgan fingerprint density at radius 2 is 2.17 bits per heavy atom. The van der Waals surface area contributed by atoms with Crippen LogP contribution in [0.3, 0.4) is 0 Å². The molecule has 0 unspecified atom stereocenters. The highest BCUT2D eigenvalue weighted by molar-refractivity contribution is 9.10. The molecule has 0 saturated carbocycles. The summed E-state index contributed by atoms with van der Waals surface area (Å²) in [5.74, 6) is 0.413. The van der Waals surface area contributed by atoms with Gasteiger partial charge in [-0.3, -0.25) is 0 Å². The summed E-state index contributed by atoms with van der Waals surface area (Å²) in [6.45, 7) is 1.92. The predicted molar refractivity (Wildman–Crippen MR) is 55.9 cm³/mol. The molecule has 0 saturated heterocycles. The van der Waals surface area contributed by atoms with Gasteiger partial charge in [0.2, 0.25) is 0 Å². The number of hydrogen-bond acceptors (Lipinski definition) is 2. The van der Waals surface area contributed by atoms with Crippen molar-refractivity contribution in [2.24, 2.45) is 0 Å². The number of fused-ring (bicyclic) bond motifs is 1. The van der Waals surface area contributed by atoms with Crippen LogP contribution in [-0.2, 0) is 0 Å². The largest absolute Gasteiger partial charge is 0.506 e. The van der Waals surface area contributed by atoms with Gasteiger partial charge in [-0.05, 0) is 25.1 Å². The molecule has 0 fully saturated rings. The quantitative estimate of drug-likeness (QED) is 0.748. The molecular formula is C9H7BrOS. The second-order valence-corrected chi connectivity index (χ2v) is 4.82. The number of thiophene rings is 1. The second-order valence-electron chi connectivity index (χ2n) is 2.65. The molecule has 12 heavy (non-hydrogen) atoms. The zero-order chi connectivity index (χ0) is 8.72. The predicted octanol–water partition coefficient (Wildman–Crippen LogP) is 3.68. The summed E-state index contributed by atoms with van der Waals surface area (Å²) in [4.78, 5) is 0.975. The molecular weight excluding hydrogens is 236 g/mol. The Labute approximate surface area is 82.8 Å². The van der Waals surface area contributed by atoms with Crippen molar-refractivity contribution in [3.63, 3.8) is 0 Å². The lowest BCUT2D eigenvalue weighted by atomic mass is 10.2. The molecule has 0 aliphatic heterocycles. The van der Waals surface area contributed by atoms with Crippen molar-refractivity contribution in [2.45, 2.75) is 6.92 Å². The first-order chi connectivity index (χ1) is 5.68. The van der Waals surface area contributed by atoms with Gasteiger partial charge in [-0.1, -0.05) is 15.9 Å². The molecule has 1 nitrogen and oxygen atoms in total. The van der Waals surface area contributed by atoms with E-state index in [4.69, 9.17) is 0 Å². The van der Waals surface area contributed by atoms with E-state index in [1.165, 1.54) is 0 Å². The van der Waals surface area contributed by atoms with E-state index in [-0.39, 0.29) is 0 Å². The fraction of sp³-hybridized carbons (Fsp3) is 0.111. The van der Waals surface area contributed by atoms with E-state index in [2.05, 4.69) is 15.9 Å². The Kier molecular flexibility index (Phi) is 1.85. The lowest BCUT2D eigenvalue weighted by Crippen LogP contribution is -1.65. The van der Waals surface area contributed by atoms with Gasteiger partial charge >= 0.3 is 0 Å². The summed E-state index contributed by atoms with van der Waals surface area (Å²) in [6, 6.07) is 5.93. The van der Waals surface area contributed by atoms with Crippen LogP contribution in [0, 0.1) is 6.92 Å². The SMILES string of the molecule is Cc1sc2ccc(Br)cc2c1O. The van der Waals surface area contributed by atoms with E-state index < -0.39 is 0 Å². The van der Waals surface area contributed by atoms with Gasteiger partial charge in [0, 0.05) is 19.4 Å². The van der Waals surface area contributed by atoms with Crippen LogP contribution in [0.25, 0.3) is 10.1 Å². The summed E-state index contributed by atoms with van der Waals surface area (Å²) in [5, 5.41) is 10.5. The summed E-state index contributed by atoms with van der Waals surface area (Å²) in [6.07, 6.45) is 0. The van der Waals surface area contributed by atoms with Crippen LogP contribution in [-0.4, -0.2) is 5.11 Å². The zero-order valence-corrected chi connectivity index (χ0v) is 8.87. The molecule has 0 atom stereocenters. The molecule has 62 valence electrons. The van der Waals surface area contributed by atoms with Gasteiger partial charge in [0.1, 0.15) is 5.75 Å². The molecule has 1 aromatic carbocycles. The average molecular weight is 243 g/mol. The van der Waals surface area contributed by atoms with Gasteiger partial charge < -0.3 is 5.11 Å². The maximum absolute atomic E-state index is 9.61. The Hall–Kier alpha value is -0.540. The Morgan fingerprint density at radius 1 is 1.42 bits per heavy atom. The minimum atomic E-state index is 0.413. The second kappa shape index (κ2) is 2.75. The molecule has 1 aromatic heterocycles. The first-order valence-corrected chi connectivity index (χ1v) is 5.17. The highest BCUT2D eigenvalue weighted by Crippen LogP contribution is 2.37. The first kappa shape index (κ1) is 8.08. The molecule has 1 N–H and O–H groups in total. The monoisotopic (exact) mass is 242 g/mol. The molecule has 1 heterocycles. The van der Waals surface area contributed by atoms with Gasteiger partial charge in [-0.15, -0.1) is 11.3 Å². The maximum atomic E-state index is 9.61. The average Bonchev–Trinajstić information content (AvgIpc) is 2.31. The van der Waals surface area contributed by atoms with E-state index in [1.54, 1.807) is 11.3 Å². The third-order valence-corrected chi connectivity index (χ3v) is 3.36. The van der Waals surface area contributed by atoms with E-state index in [1.807, 2.05) is 25.1 Å². The van der Waals surface area contributed by atoms with Crippen LogP contribution < -0.4 is 0 Å². The summed E-state index contributed by atoms with van der Waals surface area (Å²) < 4.78 is 2.14. The Morgan fingerprint density at radius 3 is 2.92 bits per heavy atom. The fourth-order valence-electron chi connectivity index (χ4n) is 1.18. The highest BCUT2D eigenvalue weighted by atomic mass is 79.9. The normalized spacial score (nSPS) is 10.8. The van der Waals surface area contributed by atoms with Crippen molar-refractivity contribution in [3.8, 4) is 5.75 Å². The van der Waals surface area contributed by atoms with Gasteiger partial charge in [0.25, 0.3) is 0 Å². The summed E-state index contributed by atoms with van der Waals surface area (Å²) in [5.41, 5.74) is 0. The minimum Gasteiger partial charge on any atom is -0.506 e. The minimum absolute atomic E-state index is 0.413. The van der Waals surface area contributed by atoms with Crippen LogP contribution in [0.15, 0.2) is 22.7 Å². The Balaban J connectivity index is 2.88. The first-order valence-electron chi connectivity index (χ1n) is 3.56. The van der Waals surface area contributed by atoms with Crippen molar-refractivity contribution < 1.29 is 5.11 Å². The number of aryl methyl sites for hydroxylation is 1. The van der Waals surface area contributed by atoms with Gasteiger partial charge in [-0.25, -0.2) is 0 Å². The van der Waals surface area contributed by atoms with Crippen LogP contribution in [0.4, 0.5) is 0 Å². The van der Waals surface area contributed by atoms with E-state index in [0.717, 1.165) is 19.4 Å².